The van der Waals surface area contributed by atoms with Crippen molar-refractivity contribution >= 4 is 5.87 Å². The van der Waals surface area contributed by atoms with Crippen LogP contribution in [-0.2, 0) is 22.4 Å². The molecule has 0 atom stereocenters. The van der Waals surface area contributed by atoms with Crippen LogP contribution >= 0.6 is 0 Å². The first-order valence-corrected chi connectivity index (χ1v) is 1.35. The average molecular weight is 202 g/mol. The molecular formula is C3AgN3O. The van der Waals surface area contributed by atoms with Crippen LogP contribution in [0.4, 0.5) is 0 Å². The van der Waals surface area contributed by atoms with Crippen LogP contribution in [0.3, 0.4) is 0 Å². The summed E-state index contributed by atoms with van der Waals surface area (Å²) in [4.78, 5) is 9.24. The zero-order chi connectivity index (χ0) is 5.70. The first-order chi connectivity index (χ1) is 3.35. The van der Waals surface area contributed by atoms with Gasteiger partial charge in [-0.05, 0) is 5.18 Å². The Kier molecular flexibility index (Phi) is 8.08. The maximum Gasteiger partial charge on any atom is 1.00 e. The number of nitroso groups, excluding NO2 is 1. The second-order valence-corrected chi connectivity index (χ2v) is 0.664. The second-order valence-electron chi connectivity index (χ2n) is 0.664. The maximum absolute atomic E-state index is 9.24. The summed E-state index contributed by atoms with van der Waals surface area (Å²) >= 11 is 0. The van der Waals surface area contributed by atoms with E-state index in [1.165, 1.54) is 11.9 Å². The van der Waals surface area contributed by atoms with Gasteiger partial charge in [0.05, 0.1) is 0 Å². The van der Waals surface area contributed by atoms with Gasteiger partial charge in [-0.1, -0.05) is 0 Å². The molecule has 0 radical (unpaired) electrons. The summed E-state index contributed by atoms with van der Waals surface area (Å²) in [7, 11) is 0. The standard InChI is InChI=1S/C3N3O.Ag/c4-1-3(2-5)6-7;/q-1;+1. The molecule has 0 aromatic heterocycles. The summed E-state index contributed by atoms with van der Waals surface area (Å²) in [6.45, 7) is 0. The number of hydrogen-bond donors (Lipinski definition) is 0. The number of allylic oxidation sites excluding steroid dienone is 1. The molecule has 0 saturated heterocycles. The van der Waals surface area contributed by atoms with Crippen molar-refractivity contribution in [1.29, 1.82) is 5.26 Å². The van der Waals surface area contributed by atoms with Gasteiger partial charge < -0.3 is 5.41 Å². The number of nitriles is 1. The Morgan fingerprint density at radius 2 is 2.25 bits per heavy atom. The zero-order valence-corrected chi connectivity index (χ0v) is 5.03. The van der Waals surface area contributed by atoms with Crippen LogP contribution in [0.2, 0.25) is 0 Å². The van der Waals surface area contributed by atoms with Crippen molar-refractivity contribution in [2.45, 2.75) is 0 Å². The molecule has 0 aromatic carbocycles. The molecule has 0 aliphatic heterocycles. The van der Waals surface area contributed by atoms with Gasteiger partial charge in [-0.25, -0.2) is 5.87 Å². The van der Waals surface area contributed by atoms with Gasteiger partial charge in [0.15, 0.2) is 0 Å². The molecule has 0 amide bonds. The summed E-state index contributed by atoms with van der Waals surface area (Å²) in [5.41, 5.74) is -0.639. The summed E-state index contributed by atoms with van der Waals surface area (Å²) in [5, 5.41) is 17.5. The van der Waals surface area contributed by atoms with E-state index in [-0.39, 0.29) is 22.4 Å². The van der Waals surface area contributed by atoms with Crippen LogP contribution < -0.4 is 0 Å². The molecule has 0 heterocycles. The third-order valence-electron chi connectivity index (χ3n) is 0.303. The predicted molar refractivity (Wildman–Crippen MR) is 23.3 cm³/mol. The van der Waals surface area contributed by atoms with Gasteiger partial charge in [-0.15, -0.1) is 4.91 Å². The van der Waals surface area contributed by atoms with Crippen LogP contribution in [0.5, 0.6) is 0 Å². The molecule has 0 rings (SSSR count). The van der Waals surface area contributed by atoms with Crippen LogP contribution in [0.1, 0.15) is 0 Å². The number of rotatable bonds is 1. The normalized spacial score (nSPS) is 4.88. The Morgan fingerprint density at radius 3 is 2.25 bits per heavy atom. The van der Waals surface area contributed by atoms with E-state index in [2.05, 4.69) is 5.18 Å². The van der Waals surface area contributed by atoms with Gasteiger partial charge >= 0.3 is 22.4 Å². The van der Waals surface area contributed by atoms with Crippen molar-refractivity contribution in [3.63, 3.8) is 0 Å². The van der Waals surface area contributed by atoms with Crippen molar-refractivity contribution in [1.82, 2.24) is 0 Å². The minimum Gasteiger partial charge on any atom is -0.761 e. The first kappa shape index (κ1) is 10.3. The van der Waals surface area contributed by atoms with Gasteiger partial charge in [-0.2, -0.15) is 5.26 Å². The van der Waals surface area contributed by atoms with E-state index in [0.717, 1.165) is 0 Å². The second kappa shape index (κ2) is 6.28. The van der Waals surface area contributed by atoms with E-state index < -0.39 is 5.70 Å². The topological polar surface area (TPSA) is 75.5 Å². The van der Waals surface area contributed by atoms with Crippen molar-refractivity contribution < 1.29 is 22.4 Å². The van der Waals surface area contributed by atoms with Gasteiger partial charge in [0, 0.05) is 0 Å². The fraction of sp³-hybridized carbons (Fsp3) is 0. The van der Waals surface area contributed by atoms with Crippen molar-refractivity contribution in [3.8, 4) is 6.07 Å². The van der Waals surface area contributed by atoms with Gasteiger partial charge in [-0.3, -0.25) is 0 Å². The molecule has 0 aliphatic rings. The van der Waals surface area contributed by atoms with Gasteiger partial charge in [0.1, 0.15) is 6.07 Å². The fourth-order valence-corrected chi connectivity index (χ4v) is 0.0658. The molecule has 8 heavy (non-hydrogen) atoms. The van der Waals surface area contributed by atoms with E-state index >= 15 is 0 Å². The smallest absolute Gasteiger partial charge is 0.761 e. The largest absolute Gasteiger partial charge is 1.00 e. The molecule has 5 heteroatoms. The minimum atomic E-state index is -0.639. The molecule has 0 N–H and O–H groups in total. The molecule has 0 spiro atoms. The molecule has 44 valence electrons. The Labute approximate surface area is 61.2 Å². The predicted octanol–water partition coefficient (Wildman–Crippen LogP) is 0.397. The summed E-state index contributed by atoms with van der Waals surface area (Å²) < 4.78 is 0. The van der Waals surface area contributed by atoms with Crippen molar-refractivity contribution in [2.75, 3.05) is 0 Å². The van der Waals surface area contributed by atoms with Crippen LogP contribution in [0, 0.1) is 16.2 Å². The van der Waals surface area contributed by atoms with Crippen LogP contribution in [0.25, 0.3) is 5.41 Å². The monoisotopic (exact) mass is 201 g/mol. The van der Waals surface area contributed by atoms with Gasteiger partial charge in [0.2, 0.25) is 5.70 Å². The Balaban J connectivity index is 0. The molecule has 0 aromatic rings. The molecule has 0 fully saturated rings. The van der Waals surface area contributed by atoms with E-state index in [9.17, 15) is 4.91 Å². The van der Waals surface area contributed by atoms with Gasteiger partial charge in [0.25, 0.3) is 0 Å². The van der Waals surface area contributed by atoms with E-state index in [4.69, 9.17) is 10.7 Å². The number of hydrogen-bond acceptors (Lipinski definition) is 3. The summed E-state index contributed by atoms with van der Waals surface area (Å²) in [6, 6.07) is 1.28. The molecular weight excluding hydrogens is 202 g/mol. The minimum absolute atomic E-state index is 0. The molecule has 0 bridgehead atoms. The fourth-order valence-electron chi connectivity index (χ4n) is 0.0658. The molecule has 0 aliphatic carbocycles. The quantitative estimate of drug-likeness (QED) is 0.267. The SMILES string of the molecule is N#CC(=C=[N-])N=O.[Ag+]. The average Bonchev–Trinajstić information content (AvgIpc) is 1.72. The Bertz CT molecular complexity index is 164. The van der Waals surface area contributed by atoms with E-state index in [1.54, 1.807) is 0 Å². The maximum atomic E-state index is 9.24. The zero-order valence-electron chi connectivity index (χ0n) is 3.55. The first-order valence-electron chi connectivity index (χ1n) is 1.35. The molecule has 0 saturated carbocycles. The van der Waals surface area contributed by atoms with Crippen molar-refractivity contribution in [3.05, 3.63) is 16.0 Å². The summed E-state index contributed by atoms with van der Waals surface area (Å²) in [5.74, 6) is 1.28. The van der Waals surface area contributed by atoms with Crippen molar-refractivity contribution in [2.24, 2.45) is 5.18 Å². The Hall–Kier alpha value is -0.720. The van der Waals surface area contributed by atoms with Crippen LogP contribution in [0.15, 0.2) is 10.9 Å². The molecule has 0 unspecified atom stereocenters. The summed E-state index contributed by atoms with van der Waals surface area (Å²) in [6.07, 6.45) is 0. The molecule has 4 nitrogen and oxygen atoms in total. The third kappa shape index (κ3) is 3.47. The van der Waals surface area contributed by atoms with E-state index in [0.29, 0.717) is 0 Å². The Morgan fingerprint density at radius 1 is 1.75 bits per heavy atom. The number of nitrogens with zero attached hydrogens (tertiary/aromatic N) is 3. The van der Waals surface area contributed by atoms with E-state index in [1.807, 2.05) is 0 Å². The van der Waals surface area contributed by atoms with Crippen LogP contribution in [-0.4, -0.2) is 5.87 Å². The third-order valence-corrected chi connectivity index (χ3v) is 0.303.